The van der Waals surface area contributed by atoms with Gasteiger partial charge in [-0.1, -0.05) is 59.0 Å². The fourth-order valence-electron chi connectivity index (χ4n) is 4.22. The van der Waals surface area contributed by atoms with Crippen molar-refractivity contribution in [2.75, 3.05) is 6.54 Å². The lowest BCUT2D eigenvalue weighted by Crippen LogP contribution is -2.21. The molecule has 0 radical (unpaired) electrons. The highest BCUT2D eigenvalue weighted by Crippen LogP contribution is 2.46. The molecule has 3 aromatic rings. The Hall–Kier alpha value is -2.54. The zero-order chi connectivity index (χ0) is 25.8. The Morgan fingerprint density at radius 3 is 2.56 bits per heavy atom. The summed E-state index contributed by atoms with van der Waals surface area (Å²) >= 11 is 19.5. The Bertz CT molecular complexity index is 1250. The van der Waals surface area contributed by atoms with Crippen LogP contribution in [0, 0.1) is 5.92 Å². The maximum atomic E-state index is 11.8. The number of hydrogen-bond acceptors (Lipinski definition) is 5. The van der Waals surface area contributed by atoms with Crippen molar-refractivity contribution < 1.29 is 19.2 Å². The lowest BCUT2D eigenvalue weighted by atomic mass is 9.85. The van der Waals surface area contributed by atoms with E-state index in [4.69, 9.17) is 44.1 Å². The van der Waals surface area contributed by atoms with E-state index < -0.39 is 11.9 Å². The van der Waals surface area contributed by atoms with Crippen molar-refractivity contribution in [3.8, 4) is 17.0 Å². The molecule has 2 aromatic carbocycles. The Balaban J connectivity index is 1.56. The maximum Gasteiger partial charge on any atom is 0.307 e. The van der Waals surface area contributed by atoms with Crippen LogP contribution < -0.4 is 4.74 Å². The minimum absolute atomic E-state index is 0.197. The van der Waals surface area contributed by atoms with Gasteiger partial charge in [-0.05, 0) is 68.1 Å². The van der Waals surface area contributed by atoms with Gasteiger partial charge in [0.2, 0.25) is 0 Å². The average molecular weight is 550 g/mol. The first-order valence-corrected chi connectivity index (χ1v) is 13.0. The van der Waals surface area contributed by atoms with Crippen LogP contribution in [-0.4, -0.2) is 29.0 Å². The van der Waals surface area contributed by atoms with Crippen LogP contribution in [0.5, 0.6) is 5.75 Å². The van der Waals surface area contributed by atoms with E-state index in [9.17, 15) is 9.90 Å². The standard InChI is InChI=1S/C27H27Cl3N2O4/c1-3-31-12-11-19(27(33)34)15(2)18-10-9-17(13-23(18)30)35-14-20-25(32-36-26(20)16-7-8-16)24-21(28)5-4-6-22(24)29/h4-6,9-10,12-13,15-16,19H,3,7-8,11,14H2,1-2H3,(H,33,34)/b31-12-/t15-,19?/m0/s1. The Kier molecular flexibility index (Phi) is 8.60. The zero-order valence-electron chi connectivity index (χ0n) is 20.0. The maximum absolute atomic E-state index is 11.8. The van der Waals surface area contributed by atoms with Gasteiger partial charge in [0.15, 0.2) is 0 Å². The molecule has 190 valence electrons. The van der Waals surface area contributed by atoms with E-state index in [1.807, 2.05) is 19.9 Å². The summed E-state index contributed by atoms with van der Waals surface area (Å²) in [5.41, 5.74) is 2.74. The highest BCUT2D eigenvalue weighted by molar-refractivity contribution is 6.39. The smallest absolute Gasteiger partial charge is 0.307 e. The number of carboxylic acid groups (broad SMARTS) is 1. The van der Waals surface area contributed by atoms with Gasteiger partial charge in [0, 0.05) is 23.0 Å². The Labute approximate surface area is 225 Å². The van der Waals surface area contributed by atoms with Gasteiger partial charge in [-0.2, -0.15) is 0 Å². The summed E-state index contributed by atoms with van der Waals surface area (Å²) < 4.78 is 11.8. The van der Waals surface area contributed by atoms with E-state index in [2.05, 4.69) is 10.1 Å². The Morgan fingerprint density at radius 2 is 1.94 bits per heavy atom. The molecule has 1 fully saturated rings. The first-order chi connectivity index (χ1) is 17.3. The van der Waals surface area contributed by atoms with Gasteiger partial charge < -0.3 is 14.4 Å². The van der Waals surface area contributed by atoms with Crippen molar-refractivity contribution in [1.29, 1.82) is 0 Å². The molecular formula is C27H27Cl3N2O4. The minimum Gasteiger partial charge on any atom is -0.489 e. The molecule has 1 N–H and O–H groups in total. The van der Waals surface area contributed by atoms with Gasteiger partial charge in [-0.3, -0.25) is 9.79 Å². The SMILES string of the molecule is CC/N=C\CC(C(=O)O)[C@@H](C)c1ccc(OCc2c(-c3c(Cl)cccc3Cl)noc2C2CC2)cc1Cl. The molecule has 2 atom stereocenters. The van der Waals surface area contributed by atoms with Crippen LogP contribution in [-0.2, 0) is 11.4 Å². The minimum atomic E-state index is -0.882. The van der Waals surface area contributed by atoms with Crippen LogP contribution in [0.2, 0.25) is 15.1 Å². The van der Waals surface area contributed by atoms with Crippen molar-refractivity contribution >= 4 is 47.0 Å². The molecule has 1 aliphatic carbocycles. The molecule has 1 saturated carbocycles. The van der Waals surface area contributed by atoms with Gasteiger partial charge in [0.25, 0.3) is 0 Å². The van der Waals surface area contributed by atoms with Crippen molar-refractivity contribution in [2.24, 2.45) is 10.9 Å². The molecule has 4 rings (SSSR count). The summed E-state index contributed by atoms with van der Waals surface area (Å²) in [4.78, 5) is 16.0. The summed E-state index contributed by atoms with van der Waals surface area (Å²) in [7, 11) is 0. The fraction of sp³-hybridized carbons (Fsp3) is 0.370. The third kappa shape index (κ3) is 5.88. The molecule has 9 heteroatoms. The molecule has 0 aliphatic heterocycles. The number of aliphatic carboxylic acids is 1. The Morgan fingerprint density at radius 1 is 1.22 bits per heavy atom. The monoisotopic (exact) mass is 548 g/mol. The van der Waals surface area contributed by atoms with Crippen LogP contribution >= 0.6 is 34.8 Å². The summed E-state index contributed by atoms with van der Waals surface area (Å²) in [6.45, 7) is 4.58. The molecule has 1 aromatic heterocycles. The molecule has 0 bridgehead atoms. The fourth-order valence-corrected chi connectivity index (χ4v) is 5.14. The largest absolute Gasteiger partial charge is 0.489 e. The first kappa shape index (κ1) is 26.5. The summed E-state index contributed by atoms with van der Waals surface area (Å²) in [6.07, 6.45) is 4.07. The number of aromatic nitrogens is 1. The number of halogens is 3. The molecule has 0 saturated heterocycles. The molecule has 0 amide bonds. The van der Waals surface area contributed by atoms with Crippen molar-refractivity contribution in [1.82, 2.24) is 5.16 Å². The highest BCUT2D eigenvalue weighted by atomic mass is 35.5. The summed E-state index contributed by atoms with van der Waals surface area (Å²) in [5.74, 6) is -0.175. The number of aliphatic imine (C=N–C) groups is 1. The molecule has 36 heavy (non-hydrogen) atoms. The van der Waals surface area contributed by atoms with Crippen LogP contribution in [0.1, 0.15) is 61.8 Å². The second-order valence-electron chi connectivity index (χ2n) is 8.87. The first-order valence-electron chi connectivity index (χ1n) is 11.9. The molecular weight excluding hydrogens is 523 g/mol. The number of carbonyl (C=O) groups is 1. The normalized spacial score (nSPS) is 15.2. The topological polar surface area (TPSA) is 84.9 Å². The number of ether oxygens (including phenoxy) is 1. The predicted molar refractivity (Wildman–Crippen MR) is 143 cm³/mol. The van der Waals surface area contributed by atoms with Crippen molar-refractivity contribution in [3.63, 3.8) is 0 Å². The zero-order valence-corrected chi connectivity index (χ0v) is 22.3. The number of rotatable bonds is 11. The average Bonchev–Trinajstić information content (AvgIpc) is 3.60. The second kappa shape index (κ2) is 11.7. The van der Waals surface area contributed by atoms with Crippen LogP contribution in [0.4, 0.5) is 0 Å². The van der Waals surface area contributed by atoms with Crippen LogP contribution in [0.3, 0.4) is 0 Å². The van der Waals surface area contributed by atoms with Gasteiger partial charge in [-0.15, -0.1) is 0 Å². The van der Waals surface area contributed by atoms with E-state index >= 15 is 0 Å². The van der Waals surface area contributed by atoms with Gasteiger partial charge in [0.1, 0.15) is 23.8 Å². The van der Waals surface area contributed by atoms with Gasteiger partial charge >= 0.3 is 5.97 Å². The molecule has 6 nitrogen and oxygen atoms in total. The van der Waals surface area contributed by atoms with Crippen molar-refractivity contribution in [3.05, 3.63) is 68.4 Å². The van der Waals surface area contributed by atoms with Gasteiger partial charge in [-0.25, -0.2) is 0 Å². The third-order valence-corrected chi connectivity index (χ3v) is 7.36. The van der Waals surface area contributed by atoms with E-state index in [1.54, 1.807) is 36.5 Å². The molecule has 1 aliphatic rings. The molecule has 1 heterocycles. The van der Waals surface area contributed by atoms with E-state index in [1.165, 1.54) is 0 Å². The quantitative estimate of drug-likeness (QED) is 0.245. The lowest BCUT2D eigenvalue weighted by Gasteiger charge is -2.21. The predicted octanol–water partition coefficient (Wildman–Crippen LogP) is 8.04. The second-order valence-corrected chi connectivity index (χ2v) is 10.1. The number of benzene rings is 2. The van der Waals surface area contributed by atoms with E-state index in [0.717, 1.165) is 29.7 Å². The van der Waals surface area contributed by atoms with Crippen LogP contribution in [0.15, 0.2) is 45.9 Å². The molecule has 1 unspecified atom stereocenters. The summed E-state index contributed by atoms with van der Waals surface area (Å²) in [6, 6.07) is 10.6. The van der Waals surface area contributed by atoms with Crippen LogP contribution in [0.25, 0.3) is 11.3 Å². The molecule has 0 spiro atoms. The number of carboxylic acids is 1. The number of hydrogen-bond donors (Lipinski definition) is 1. The number of nitrogens with zero attached hydrogens (tertiary/aromatic N) is 2. The third-order valence-electron chi connectivity index (χ3n) is 6.40. The lowest BCUT2D eigenvalue weighted by molar-refractivity contribution is -0.142. The van der Waals surface area contributed by atoms with Gasteiger partial charge in [0.05, 0.1) is 21.5 Å². The summed E-state index contributed by atoms with van der Waals surface area (Å²) in [5, 5.41) is 15.4. The highest BCUT2D eigenvalue weighted by Gasteiger charge is 2.34. The van der Waals surface area contributed by atoms with Crippen molar-refractivity contribution in [2.45, 2.75) is 51.6 Å². The van der Waals surface area contributed by atoms with E-state index in [-0.39, 0.29) is 12.5 Å². The van der Waals surface area contributed by atoms with E-state index in [0.29, 0.717) is 51.0 Å².